The highest BCUT2D eigenvalue weighted by atomic mass is 127. The fourth-order valence-corrected chi connectivity index (χ4v) is 9.17. The first kappa shape index (κ1) is 48.2. The number of hydrogen-bond donors (Lipinski definition) is 0. The van der Waals surface area contributed by atoms with Gasteiger partial charge >= 0.3 is 21.2 Å². The lowest BCUT2D eigenvalue weighted by Crippen LogP contribution is -3.61. The van der Waals surface area contributed by atoms with E-state index in [0.717, 1.165) is 0 Å². The number of halogens is 2. The normalized spacial score (nSPS) is 10.8. The van der Waals surface area contributed by atoms with Crippen molar-refractivity contribution in [1.82, 2.24) is 0 Å². The highest BCUT2D eigenvalue weighted by molar-refractivity contribution is 5.64. The molecule has 0 saturated carbocycles. The maximum atomic E-state index is 2.37. The Labute approximate surface area is 355 Å². The van der Waals surface area contributed by atoms with Crippen LogP contribution >= 0.6 is 0 Å². The lowest BCUT2D eigenvalue weighted by molar-refractivity contribution is -0.597. The Balaban J connectivity index is 0.000000367. The first-order valence-corrected chi connectivity index (χ1v) is 24.3. The minimum absolute atomic E-state index is 0. The van der Waals surface area contributed by atoms with Gasteiger partial charge in [-0.15, -0.1) is 0 Å². The van der Waals surface area contributed by atoms with E-state index in [1.165, 1.54) is 195 Å². The van der Waals surface area contributed by atoms with Gasteiger partial charge in [-0.25, -0.2) is 0 Å². The van der Waals surface area contributed by atoms with Gasteiger partial charge < -0.3 is 17.0 Å². The smallest absolute Gasteiger partial charge is 0.357 e. The molecule has 0 fully saturated rings. The Bertz CT molecular complexity index is 1290. The molecule has 54 heavy (non-hydrogen) atoms. The monoisotopic (exact) mass is 906 g/mol. The molecule has 2 heteroatoms. The van der Waals surface area contributed by atoms with Crippen molar-refractivity contribution in [3.05, 3.63) is 126 Å². The molecule has 0 aliphatic heterocycles. The molecule has 0 aliphatic carbocycles. The SMILES string of the molecule is CCCCCCCc1ccc(-c2ccc(CCCCCCC)cc2)cc1.CCCCCCCc1ccc([I+]c2ccc(CCCCCCC)cc2)cc1.[Br-]. The standard InChI is InChI=1S/C26H38I.C26H38.BrH/c1-3-5-7-9-11-13-23-15-19-25(20-16-23)27-26-21-17-24(18-22-26)14-12-10-8-6-4-2;1-3-5-7-9-11-13-23-15-19-25(20-16-23)26-21-17-24(18-22-26)14-12-10-8-6-4-2;/h15-22H,3-14H2,1-2H3;15-22H,3-14H2,1-2H3;1H/q+1;;/p-1. The van der Waals surface area contributed by atoms with Crippen molar-refractivity contribution in [1.29, 1.82) is 0 Å². The van der Waals surface area contributed by atoms with Gasteiger partial charge in [0.05, 0.1) is 0 Å². The van der Waals surface area contributed by atoms with Crippen molar-refractivity contribution in [3.8, 4) is 11.1 Å². The van der Waals surface area contributed by atoms with Crippen LogP contribution < -0.4 is 38.2 Å². The molecular formula is C52H76BrI. The quantitative estimate of drug-likeness (QED) is 0.0413. The van der Waals surface area contributed by atoms with Crippen molar-refractivity contribution in [2.75, 3.05) is 0 Å². The summed E-state index contributed by atoms with van der Waals surface area (Å²) < 4.78 is 3.08. The first-order chi connectivity index (χ1) is 26.1. The van der Waals surface area contributed by atoms with Crippen LogP contribution in [-0.4, -0.2) is 0 Å². The van der Waals surface area contributed by atoms with Crippen LogP contribution in [-0.2, 0) is 25.7 Å². The van der Waals surface area contributed by atoms with Crippen molar-refractivity contribution in [3.63, 3.8) is 0 Å². The van der Waals surface area contributed by atoms with E-state index in [1.54, 1.807) is 0 Å². The molecule has 0 heterocycles. The van der Waals surface area contributed by atoms with Crippen LogP contribution in [0.2, 0.25) is 0 Å². The van der Waals surface area contributed by atoms with Gasteiger partial charge in [0.25, 0.3) is 0 Å². The number of unbranched alkanes of at least 4 members (excludes halogenated alkanes) is 16. The summed E-state index contributed by atoms with van der Waals surface area (Å²) in [7, 11) is 0. The average Bonchev–Trinajstić information content (AvgIpc) is 3.20. The molecule has 0 N–H and O–H groups in total. The van der Waals surface area contributed by atoms with Crippen molar-refractivity contribution in [2.24, 2.45) is 0 Å². The van der Waals surface area contributed by atoms with Crippen LogP contribution in [0.5, 0.6) is 0 Å². The maximum absolute atomic E-state index is 2.37. The van der Waals surface area contributed by atoms with E-state index in [0.29, 0.717) is 0 Å². The van der Waals surface area contributed by atoms with Crippen LogP contribution in [0.15, 0.2) is 97.1 Å². The van der Waals surface area contributed by atoms with Crippen LogP contribution in [0.4, 0.5) is 0 Å². The molecule has 0 radical (unpaired) electrons. The molecule has 0 aliphatic rings. The molecule has 0 aromatic heterocycles. The Kier molecular flexibility index (Phi) is 28.8. The third kappa shape index (κ3) is 22.0. The second kappa shape index (κ2) is 32.2. The van der Waals surface area contributed by atoms with Gasteiger partial charge in [-0.3, -0.25) is 0 Å². The number of benzene rings is 4. The predicted octanol–water partition coefficient (Wildman–Crippen LogP) is 10.2. The van der Waals surface area contributed by atoms with E-state index in [1.807, 2.05) is 0 Å². The van der Waals surface area contributed by atoms with Crippen LogP contribution in [0.1, 0.15) is 178 Å². The van der Waals surface area contributed by atoms with Crippen LogP contribution in [0.3, 0.4) is 0 Å². The number of aryl methyl sites for hydroxylation is 4. The summed E-state index contributed by atoms with van der Waals surface area (Å²) in [5.41, 5.74) is 8.67. The summed E-state index contributed by atoms with van der Waals surface area (Å²) >= 11 is -0.0408. The van der Waals surface area contributed by atoms with Crippen molar-refractivity contribution in [2.45, 2.75) is 182 Å². The molecular weight excluding hydrogens is 831 g/mol. The molecule has 0 unspecified atom stereocenters. The molecule has 298 valence electrons. The minimum Gasteiger partial charge on any atom is -1.00 e. The zero-order chi connectivity index (χ0) is 37.6. The Hall–Kier alpha value is -1.91. The van der Waals surface area contributed by atoms with Gasteiger partial charge in [-0.1, -0.05) is 203 Å². The summed E-state index contributed by atoms with van der Waals surface area (Å²) in [5, 5.41) is 0. The largest absolute Gasteiger partial charge is 1.00 e. The van der Waals surface area contributed by atoms with E-state index in [9.17, 15) is 0 Å². The van der Waals surface area contributed by atoms with Crippen LogP contribution in [0, 0.1) is 7.14 Å². The molecule has 4 rings (SSSR count). The van der Waals surface area contributed by atoms with Gasteiger partial charge in [-0.05, 0) is 109 Å². The van der Waals surface area contributed by atoms with Gasteiger partial charge in [0.2, 0.25) is 0 Å². The first-order valence-electron chi connectivity index (χ1n) is 22.2. The molecule has 0 bridgehead atoms. The summed E-state index contributed by atoms with van der Waals surface area (Å²) in [4.78, 5) is 0. The summed E-state index contributed by atoms with van der Waals surface area (Å²) in [6.45, 7) is 9.12. The fraction of sp³-hybridized carbons (Fsp3) is 0.538. The number of hydrogen-bond acceptors (Lipinski definition) is 0. The van der Waals surface area contributed by atoms with Gasteiger partial charge in [0, 0.05) is 0 Å². The van der Waals surface area contributed by atoms with Crippen molar-refractivity contribution >= 4 is 0 Å². The van der Waals surface area contributed by atoms with Crippen LogP contribution in [0.25, 0.3) is 11.1 Å². The Morgan fingerprint density at radius 2 is 0.500 bits per heavy atom. The summed E-state index contributed by atoms with van der Waals surface area (Å²) in [6.07, 6.45) is 32.2. The van der Waals surface area contributed by atoms with E-state index >= 15 is 0 Å². The zero-order valence-electron chi connectivity index (χ0n) is 35.0. The average molecular weight is 908 g/mol. The lowest BCUT2D eigenvalue weighted by Gasteiger charge is -2.07. The molecule has 0 nitrogen and oxygen atoms in total. The molecule has 0 spiro atoms. The van der Waals surface area contributed by atoms with E-state index in [2.05, 4.69) is 125 Å². The van der Waals surface area contributed by atoms with Crippen molar-refractivity contribution < 1.29 is 38.2 Å². The second-order valence-corrected chi connectivity index (χ2v) is 18.4. The highest BCUT2D eigenvalue weighted by Crippen LogP contribution is 2.22. The van der Waals surface area contributed by atoms with Gasteiger partial charge in [0.1, 0.15) is 0 Å². The third-order valence-electron chi connectivity index (χ3n) is 10.6. The highest BCUT2D eigenvalue weighted by Gasteiger charge is 2.15. The van der Waals surface area contributed by atoms with Gasteiger partial charge in [0.15, 0.2) is 7.14 Å². The van der Waals surface area contributed by atoms with E-state index < -0.39 is 0 Å². The molecule has 4 aromatic carbocycles. The predicted molar refractivity (Wildman–Crippen MR) is 232 cm³/mol. The molecule has 0 amide bonds. The summed E-state index contributed by atoms with van der Waals surface area (Å²) in [6, 6.07) is 37.4. The maximum Gasteiger partial charge on any atom is 0.357 e. The zero-order valence-corrected chi connectivity index (χ0v) is 38.7. The number of rotatable bonds is 27. The topological polar surface area (TPSA) is 0 Å². The van der Waals surface area contributed by atoms with E-state index in [4.69, 9.17) is 0 Å². The fourth-order valence-electron chi connectivity index (χ4n) is 7.01. The second-order valence-electron chi connectivity index (χ2n) is 15.4. The molecule has 4 aromatic rings. The minimum atomic E-state index is -0.0408. The third-order valence-corrected chi connectivity index (χ3v) is 13.2. The molecule has 0 atom stereocenters. The van der Waals surface area contributed by atoms with E-state index in [-0.39, 0.29) is 38.2 Å². The molecule has 0 saturated heterocycles. The Morgan fingerprint density at radius 3 is 0.741 bits per heavy atom. The lowest BCUT2D eigenvalue weighted by atomic mass is 9.99. The van der Waals surface area contributed by atoms with Gasteiger partial charge in [-0.2, -0.15) is 0 Å². The Morgan fingerprint density at radius 1 is 0.278 bits per heavy atom. The summed E-state index contributed by atoms with van der Waals surface area (Å²) in [5.74, 6) is 0.